The van der Waals surface area contributed by atoms with Gasteiger partial charge in [0.1, 0.15) is 5.82 Å². The van der Waals surface area contributed by atoms with Gasteiger partial charge in [0.2, 0.25) is 0 Å². The molecule has 0 amide bonds. The molecule has 9 heteroatoms. The Hall–Kier alpha value is -1.64. The second-order valence-corrected chi connectivity index (χ2v) is 11.4. The molecule has 0 aromatic carbocycles. The molecule has 2 aromatic heterocycles. The van der Waals surface area contributed by atoms with E-state index in [0.717, 1.165) is 87.5 Å². The number of ether oxygens (including phenoxy) is 2. The molecule has 36 heavy (non-hydrogen) atoms. The average molecular weight is 537 g/mol. The summed E-state index contributed by atoms with van der Waals surface area (Å²) >= 11 is 13.0. The predicted octanol–water partition coefficient (Wildman–Crippen LogP) is 6.03. The Morgan fingerprint density at radius 1 is 1.08 bits per heavy atom. The fourth-order valence-electron chi connectivity index (χ4n) is 5.12. The lowest BCUT2D eigenvalue weighted by molar-refractivity contribution is 0.0300. The number of anilines is 2. The number of nitrogens with zero attached hydrogens (tertiary/aromatic N) is 2. The third kappa shape index (κ3) is 7.45. The van der Waals surface area contributed by atoms with Gasteiger partial charge in [0.15, 0.2) is 5.15 Å². The SMILES string of the molecule is COC[C@H](C)N[C@H]1CC[C@H](Nc2cc(-c3cnc(Cl)c(NCC4(C)CCOCC4)c3)c(Cl)cn2)CC1. The van der Waals surface area contributed by atoms with Gasteiger partial charge in [-0.05, 0) is 63.0 Å². The van der Waals surface area contributed by atoms with Crippen LogP contribution < -0.4 is 16.0 Å². The highest BCUT2D eigenvalue weighted by molar-refractivity contribution is 6.33. The molecule has 7 nitrogen and oxygen atoms in total. The normalized spacial score (nSPS) is 22.7. The van der Waals surface area contributed by atoms with Crippen LogP contribution >= 0.6 is 23.2 Å². The zero-order chi connectivity index (χ0) is 25.5. The molecule has 0 bridgehead atoms. The van der Waals surface area contributed by atoms with Gasteiger partial charge in [-0.15, -0.1) is 0 Å². The minimum absolute atomic E-state index is 0.180. The number of pyridine rings is 2. The van der Waals surface area contributed by atoms with Crippen molar-refractivity contribution in [2.75, 3.05) is 44.1 Å². The number of methoxy groups -OCH3 is 1. The van der Waals surface area contributed by atoms with Crippen LogP contribution in [-0.4, -0.2) is 61.6 Å². The van der Waals surface area contributed by atoms with Gasteiger partial charge in [0.05, 0.1) is 17.3 Å². The predicted molar refractivity (Wildman–Crippen MR) is 148 cm³/mol. The van der Waals surface area contributed by atoms with Gasteiger partial charge in [-0.1, -0.05) is 30.1 Å². The first kappa shape index (κ1) is 27.4. The summed E-state index contributed by atoms with van der Waals surface area (Å²) in [4.78, 5) is 8.98. The van der Waals surface area contributed by atoms with E-state index in [2.05, 4.69) is 39.8 Å². The zero-order valence-corrected chi connectivity index (χ0v) is 23.1. The fourth-order valence-corrected chi connectivity index (χ4v) is 5.50. The molecule has 3 N–H and O–H groups in total. The topological polar surface area (TPSA) is 80.3 Å². The summed E-state index contributed by atoms with van der Waals surface area (Å²) in [5, 5.41) is 11.9. The Balaban J connectivity index is 1.39. The molecule has 1 atom stereocenters. The number of nitrogens with one attached hydrogen (secondary N) is 3. The van der Waals surface area contributed by atoms with E-state index in [4.69, 9.17) is 32.7 Å². The molecule has 1 saturated carbocycles. The van der Waals surface area contributed by atoms with Gasteiger partial charge in [-0.25, -0.2) is 9.97 Å². The molecule has 1 aliphatic heterocycles. The smallest absolute Gasteiger partial charge is 0.152 e. The van der Waals surface area contributed by atoms with Crippen molar-refractivity contribution in [2.45, 2.75) is 70.5 Å². The van der Waals surface area contributed by atoms with Gasteiger partial charge in [0, 0.05) is 68.5 Å². The van der Waals surface area contributed by atoms with Crippen LogP contribution in [0, 0.1) is 5.41 Å². The van der Waals surface area contributed by atoms with E-state index in [1.807, 2.05) is 12.1 Å². The Kier molecular flexibility index (Phi) is 9.70. The maximum atomic E-state index is 6.58. The fraction of sp³-hybridized carbons (Fsp3) is 0.630. The molecule has 1 aliphatic carbocycles. The monoisotopic (exact) mass is 535 g/mol. The van der Waals surface area contributed by atoms with Crippen molar-refractivity contribution in [1.82, 2.24) is 15.3 Å². The highest BCUT2D eigenvalue weighted by Gasteiger charge is 2.27. The van der Waals surface area contributed by atoms with Crippen molar-refractivity contribution in [2.24, 2.45) is 5.41 Å². The number of rotatable bonds is 10. The third-order valence-electron chi connectivity index (χ3n) is 7.43. The standard InChI is InChI=1S/C27H39Cl2N5O2/c1-18(16-35-3)33-20-4-6-21(7-5-20)34-25-13-22(23(28)15-30-25)19-12-24(26(29)31-14-19)32-17-27(2)8-10-36-11-9-27/h12-15,18,20-21,32-33H,4-11,16-17H2,1-3H3,(H,30,34)/t18-,20-,21-/m0/s1. The Morgan fingerprint density at radius 3 is 2.53 bits per heavy atom. The third-order valence-corrected chi connectivity index (χ3v) is 8.03. The minimum Gasteiger partial charge on any atom is -0.383 e. The lowest BCUT2D eigenvalue weighted by Crippen LogP contribution is -2.42. The van der Waals surface area contributed by atoms with Gasteiger partial charge in [0.25, 0.3) is 0 Å². The molecular formula is C27H39Cl2N5O2. The van der Waals surface area contributed by atoms with E-state index in [1.54, 1.807) is 19.5 Å². The van der Waals surface area contributed by atoms with Crippen LogP contribution in [0.2, 0.25) is 10.2 Å². The molecule has 2 aromatic rings. The lowest BCUT2D eigenvalue weighted by Gasteiger charge is -2.34. The molecule has 0 spiro atoms. The average Bonchev–Trinajstić information content (AvgIpc) is 2.87. The summed E-state index contributed by atoms with van der Waals surface area (Å²) in [5.41, 5.74) is 2.80. The van der Waals surface area contributed by atoms with Crippen LogP contribution in [0.4, 0.5) is 11.5 Å². The van der Waals surface area contributed by atoms with Gasteiger partial charge < -0.3 is 25.4 Å². The van der Waals surface area contributed by atoms with E-state index >= 15 is 0 Å². The van der Waals surface area contributed by atoms with Crippen molar-refractivity contribution in [3.05, 3.63) is 34.7 Å². The van der Waals surface area contributed by atoms with Crippen LogP contribution in [-0.2, 0) is 9.47 Å². The van der Waals surface area contributed by atoms with Gasteiger partial charge in [-0.2, -0.15) is 0 Å². The van der Waals surface area contributed by atoms with Crippen LogP contribution in [0.1, 0.15) is 52.4 Å². The van der Waals surface area contributed by atoms with E-state index in [0.29, 0.717) is 28.3 Å². The Labute approximate surface area is 225 Å². The molecule has 0 radical (unpaired) electrons. The summed E-state index contributed by atoms with van der Waals surface area (Å²) in [6, 6.07) is 5.35. The van der Waals surface area contributed by atoms with E-state index in [-0.39, 0.29) is 5.41 Å². The van der Waals surface area contributed by atoms with E-state index in [1.165, 1.54) is 0 Å². The van der Waals surface area contributed by atoms with E-state index < -0.39 is 0 Å². The molecular weight excluding hydrogens is 497 g/mol. The van der Waals surface area contributed by atoms with Crippen molar-refractivity contribution >= 4 is 34.7 Å². The lowest BCUT2D eigenvalue weighted by atomic mass is 9.82. The first-order chi connectivity index (χ1) is 17.3. The second-order valence-electron chi connectivity index (χ2n) is 10.6. The number of hydrogen-bond acceptors (Lipinski definition) is 7. The zero-order valence-electron chi connectivity index (χ0n) is 21.6. The molecule has 2 fully saturated rings. The molecule has 2 aliphatic rings. The highest BCUT2D eigenvalue weighted by atomic mass is 35.5. The van der Waals surface area contributed by atoms with Crippen molar-refractivity contribution in [3.63, 3.8) is 0 Å². The molecule has 4 rings (SSSR count). The van der Waals surface area contributed by atoms with Crippen LogP contribution in [0.15, 0.2) is 24.5 Å². The highest BCUT2D eigenvalue weighted by Crippen LogP contribution is 2.35. The summed E-state index contributed by atoms with van der Waals surface area (Å²) < 4.78 is 10.8. The number of aromatic nitrogens is 2. The molecule has 3 heterocycles. The first-order valence-electron chi connectivity index (χ1n) is 13.0. The van der Waals surface area contributed by atoms with Crippen molar-refractivity contribution in [1.29, 1.82) is 0 Å². The summed E-state index contributed by atoms with van der Waals surface area (Å²) in [7, 11) is 1.75. The van der Waals surface area contributed by atoms with Crippen LogP contribution in [0.25, 0.3) is 11.1 Å². The minimum atomic E-state index is 0.180. The molecule has 198 valence electrons. The number of hydrogen-bond donors (Lipinski definition) is 3. The van der Waals surface area contributed by atoms with E-state index in [9.17, 15) is 0 Å². The summed E-state index contributed by atoms with van der Waals surface area (Å²) in [6.07, 6.45) is 9.99. The number of halogens is 2. The Bertz CT molecular complexity index is 994. The first-order valence-corrected chi connectivity index (χ1v) is 13.8. The Morgan fingerprint density at radius 2 is 1.81 bits per heavy atom. The summed E-state index contributed by atoms with van der Waals surface area (Å²) in [6.45, 7) is 7.62. The van der Waals surface area contributed by atoms with Crippen molar-refractivity contribution < 1.29 is 9.47 Å². The van der Waals surface area contributed by atoms with Gasteiger partial charge in [-0.3, -0.25) is 0 Å². The van der Waals surface area contributed by atoms with Crippen molar-refractivity contribution in [3.8, 4) is 11.1 Å². The molecule has 1 saturated heterocycles. The summed E-state index contributed by atoms with van der Waals surface area (Å²) in [5.74, 6) is 0.831. The van der Waals surface area contributed by atoms with Gasteiger partial charge >= 0.3 is 0 Å². The van der Waals surface area contributed by atoms with Crippen LogP contribution in [0.3, 0.4) is 0 Å². The molecule has 0 unspecified atom stereocenters. The maximum absolute atomic E-state index is 6.58. The quantitative estimate of drug-likeness (QED) is 0.320. The maximum Gasteiger partial charge on any atom is 0.152 e. The second kappa shape index (κ2) is 12.7. The largest absolute Gasteiger partial charge is 0.383 e. The van der Waals surface area contributed by atoms with Crippen LogP contribution in [0.5, 0.6) is 0 Å².